The second kappa shape index (κ2) is 7.44. The summed E-state index contributed by atoms with van der Waals surface area (Å²) in [5, 5.41) is 2.78. The fourth-order valence-electron chi connectivity index (χ4n) is 3.94. The molecule has 2 aromatic rings. The highest BCUT2D eigenvalue weighted by Gasteiger charge is 2.55. The monoisotopic (exact) mass is 411 g/mol. The van der Waals surface area contributed by atoms with E-state index in [0.29, 0.717) is 17.7 Å². The molecule has 1 spiro atoms. The van der Waals surface area contributed by atoms with Crippen LogP contribution in [0.1, 0.15) is 30.5 Å². The van der Waals surface area contributed by atoms with E-state index < -0.39 is 23.4 Å². The van der Waals surface area contributed by atoms with Gasteiger partial charge in [0.2, 0.25) is 5.91 Å². The number of hydrogen-bond acceptors (Lipinski definition) is 4. The van der Waals surface area contributed by atoms with Crippen molar-refractivity contribution in [2.75, 3.05) is 20.2 Å². The first-order chi connectivity index (χ1) is 14.3. The van der Waals surface area contributed by atoms with Crippen LogP contribution in [0.2, 0.25) is 0 Å². The zero-order chi connectivity index (χ0) is 21.5. The third-order valence-corrected chi connectivity index (χ3v) is 5.88. The number of hydrogen-bond donors (Lipinski definition) is 1. The Morgan fingerprint density at radius 2 is 1.93 bits per heavy atom. The fourth-order valence-corrected chi connectivity index (χ4v) is 3.94. The number of amides is 4. The molecule has 2 atom stereocenters. The molecule has 0 aromatic heterocycles. The summed E-state index contributed by atoms with van der Waals surface area (Å²) in [7, 11) is 1.59. The van der Waals surface area contributed by atoms with E-state index in [-0.39, 0.29) is 25.0 Å². The van der Waals surface area contributed by atoms with Gasteiger partial charge in [-0.15, -0.1) is 0 Å². The lowest BCUT2D eigenvalue weighted by Crippen LogP contribution is -2.48. The minimum atomic E-state index is -1.21. The highest BCUT2D eigenvalue weighted by Crippen LogP contribution is 2.41. The molecule has 2 aromatic carbocycles. The molecule has 0 radical (unpaired) electrons. The molecule has 7 nitrogen and oxygen atoms in total. The summed E-state index contributed by atoms with van der Waals surface area (Å²) in [6.45, 7) is 1.71. The molecule has 4 amide bonds. The number of urea groups is 1. The lowest BCUT2D eigenvalue weighted by Gasteiger charge is -2.33. The first-order valence-electron chi connectivity index (χ1n) is 9.71. The third kappa shape index (κ3) is 3.18. The Hall–Kier alpha value is -3.42. The van der Waals surface area contributed by atoms with Gasteiger partial charge < -0.3 is 15.0 Å². The van der Waals surface area contributed by atoms with Crippen molar-refractivity contribution < 1.29 is 23.5 Å². The summed E-state index contributed by atoms with van der Waals surface area (Å²) in [5.74, 6) is -0.666. The summed E-state index contributed by atoms with van der Waals surface area (Å²) in [6, 6.07) is 12.0. The average molecular weight is 411 g/mol. The van der Waals surface area contributed by atoms with Crippen LogP contribution in [0.15, 0.2) is 48.5 Å². The summed E-state index contributed by atoms with van der Waals surface area (Å²) in [5.41, 5.74) is 0.129. The van der Waals surface area contributed by atoms with Gasteiger partial charge in [0.05, 0.1) is 12.6 Å². The van der Waals surface area contributed by atoms with Crippen LogP contribution in [0.4, 0.5) is 9.18 Å². The molecule has 8 heteroatoms. The molecule has 0 bridgehead atoms. The molecule has 4 rings (SSSR count). The van der Waals surface area contributed by atoms with Crippen LogP contribution in [-0.2, 0) is 15.1 Å². The molecule has 2 unspecified atom stereocenters. The van der Waals surface area contributed by atoms with Crippen molar-refractivity contribution in [3.05, 3.63) is 65.5 Å². The second-order valence-corrected chi connectivity index (χ2v) is 7.55. The molecule has 1 N–H and O–H groups in total. The van der Waals surface area contributed by atoms with Gasteiger partial charge in [-0.25, -0.2) is 9.18 Å². The molecule has 2 aliphatic heterocycles. The number of fused-ring (bicyclic) bond motifs is 2. The zero-order valence-corrected chi connectivity index (χ0v) is 16.7. The molecule has 1 saturated heterocycles. The predicted octanol–water partition coefficient (Wildman–Crippen LogP) is 2.57. The predicted molar refractivity (Wildman–Crippen MR) is 106 cm³/mol. The number of halogens is 1. The Morgan fingerprint density at radius 3 is 2.67 bits per heavy atom. The van der Waals surface area contributed by atoms with Gasteiger partial charge in [-0.05, 0) is 30.7 Å². The fraction of sp³-hybridized carbons (Fsp3) is 0.318. The number of ether oxygens (including phenoxy) is 1. The molecule has 156 valence electrons. The smallest absolute Gasteiger partial charge is 0.325 e. The standard InChI is InChI=1S/C22H22FN3O4/c1-14(15-7-9-16(23)10-8-15)25(2)19(27)13-26-20(28)22(24-21(26)29)11-12-30-18-6-4-3-5-17(18)22/h3-10,14H,11-13H2,1-2H3,(H,24,29). The van der Waals surface area contributed by atoms with Gasteiger partial charge in [-0.3, -0.25) is 14.5 Å². The second-order valence-electron chi connectivity index (χ2n) is 7.55. The highest BCUT2D eigenvalue weighted by atomic mass is 19.1. The average Bonchev–Trinajstić information content (AvgIpc) is 2.98. The van der Waals surface area contributed by atoms with Crippen molar-refractivity contribution in [3.8, 4) is 5.75 Å². The van der Waals surface area contributed by atoms with Crippen molar-refractivity contribution in [3.63, 3.8) is 0 Å². The van der Waals surface area contributed by atoms with E-state index in [0.717, 1.165) is 10.5 Å². The zero-order valence-electron chi connectivity index (χ0n) is 16.7. The first-order valence-corrected chi connectivity index (χ1v) is 9.71. The first kappa shape index (κ1) is 19.9. The van der Waals surface area contributed by atoms with Crippen LogP contribution in [0.25, 0.3) is 0 Å². The quantitative estimate of drug-likeness (QED) is 0.785. The minimum absolute atomic E-state index is 0.284. The number of carbonyl (C=O) groups excluding carboxylic acids is 3. The van der Waals surface area contributed by atoms with Gasteiger partial charge in [0.1, 0.15) is 18.1 Å². The van der Waals surface area contributed by atoms with Gasteiger partial charge >= 0.3 is 6.03 Å². The Morgan fingerprint density at radius 1 is 1.23 bits per heavy atom. The number of imide groups is 1. The molecule has 0 saturated carbocycles. The molecule has 2 heterocycles. The van der Waals surface area contributed by atoms with E-state index in [4.69, 9.17) is 4.74 Å². The van der Waals surface area contributed by atoms with Crippen LogP contribution in [-0.4, -0.2) is 47.8 Å². The van der Waals surface area contributed by atoms with Crippen LogP contribution >= 0.6 is 0 Å². The summed E-state index contributed by atoms with van der Waals surface area (Å²) in [6.07, 6.45) is 0.293. The molecular weight excluding hydrogens is 389 g/mol. The van der Waals surface area contributed by atoms with E-state index in [1.165, 1.54) is 17.0 Å². The topological polar surface area (TPSA) is 79.0 Å². The maximum absolute atomic E-state index is 13.3. The van der Waals surface area contributed by atoms with Crippen molar-refractivity contribution in [1.29, 1.82) is 0 Å². The minimum Gasteiger partial charge on any atom is -0.493 e. The third-order valence-electron chi connectivity index (χ3n) is 5.88. The van der Waals surface area contributed by atoms with Gasteiger partial charge in [0.15, 0.2) is 5.54 Å². The van der Waals surface area contributed by atoms with E-state index in [2.05, 4.69) is 5.32 Å². The number of nitrogens with zero attached hydrogens (tertiary/aromatic N) is 2. The molecule has 1 fully saturated rings. The number of benzene rings is 2. The van der Waals surface area contributed by atoms with E-state index in [1.54, 1.807) is 50.4 Å². The van der Waals surface area contributed by atoms with Crippen LogP contribution in [0, 0.1) is 5.82 Å². The van der Waals surface area contributed by atoms with Crippen molar-refractivity contribution in [1.82, 2.24) is 15.1 Å². The number of likely N-dealkylation sites (N-methyl/N-ethyl adjacent to an activating group) is 1. The molecule has 30 heavy (non-hydrogen) atoms. The van der Waals surface area contributed by atoms with Crippen LogP contribution in [0.5, 0.6) is 5.75 Å². The van der Waals surface area contributed by atoms with Gasteiger partial charge in [-0.1, -0.05) is 30.3 Å². The Balaban J connectivity index is 1.53. The van der Waals surface area contributed by atoms with Crippen molar-refractivity contribution in [2.24, 2.45) is 0 Å². The lowest BCUT2D eigenvalue weighted by atomic mass is 9.84. The summed E-state index contributed by atoms with van der Waals surface area (Å²) < 4.78 is 18.8. The molecule has 0 aliphatic carbocycles. The maximum Gasteiger partial charge on any atom is 0.325 e. The summed E-state index contributed by atoms with van der Waals surface area (Å²) in [4.78, 5) is 41.1. The largest absolute Gasteiger partial charge is 0.493 e. The Labute approximate surface area is 173 Å². The van der Waals surface area contributed by atoms with Gasteiger partial charge in [0.25, 0.3) is 5.91 Å². The molecule has 2 aliphatic rings. The van der Waals surface area contributed by atoms with Crippen molar-refractivity contribution >= 4 is 17.8 Å². The maximum atomic E-state index is 13.3. The Kier molecular flexibility index (Phi) is 4.93. The van der Waals surface area contributed by atoms with E-state index in [1.807, 2.05) is 0 Å². The Bertz CT molecular complexity index is 1010. The number of carbonyl (C=O) groups is 3. The number of para-hydroxylation sites is 1. The van der Waals surface area contributed by atoms with Crippen molar-refractivity contribution in [2.45, 2.75) is 24.9 Å². The molecular formula is C22H22FN3O4. The van der Waals surface area contributed by atoms with Gasteiger partial charge in [-0.2, -0.15) is 0 Å². The summed E-state index contributed by atoms with van der Waals surface area (Å²) >= 11 is 0. The number of nitrogens with one attached hydrogen (secondary N) is 1. The van der Waals surface area contributed by atoms with E-state index in [9.17, 15) is 18.8 Å². The van der Waals surface area contributed by atoms with Gasteiger partial charge in [0, 0.05) is 19.0 Å². The lowest BCUT2D eigenvalue weighted by molar-refractivity contribution is -0.140. The number of rotatable bonds is 4. The van der Waals surface area contributed by atoms with Crippen LogP contribution in [0.3, 0.4) is 0 Å². The van der Waals surface area contributed by atoms with E-state index >= 15 is 0 Å². The normalized spacial score (nSPS) is 21.1. The highest BCUT2D eigenvalue weighted by molar-refractivity contribution is 6.09. The van der Waals surface area contributed by atoms with Crippen LogP contribution < -0.4 is 10.1 Å². The SMILES string of the molecule is CC(c1ccc(F)cc1)N(C)C(=O)CN1C(=O)NC2(CCOc3ccccc32)C1=O.